The van der Waals surface area contributed by atoms with Gasteiger partial charge in [-0.3, -0.25) is 0 Å². The lowest BCUT2D eigenvalue weighted by molar-refractivity contribution is 0.628. The van der Waals surface area contributed by atoms with E-state index in [1.807, 2.05) is 48.7 Å². The SMILES string of the molecule is Fc1ccc2ccn(CCNc3ccccc3)c2c1. The Labute approximate surface area is 111 Å². The number of rotatable bonds is 4. The Kier molecular flexibility index (Phi) is 3.19. The molecular formula is C16H15FN2. The maximum Gasteiger partial charge on any atom is 0.125 e. The number of aromatic nitrogens is 1. The van der Waals surface area contributed by atoms with E-state index in [1.165, 1.54) is 6.07 Å². The fourth-order valence-corrected chi connectivity index (χ4v) is 2.23. The van der Waals surface area contributed by atoms with Crippen LogP contribution in [0, 0.1) is 5.82 Å². The van der Waals surface area contributed by atoms with E-state index in [4.69, 9.17) is 0 Å². The second kappa shape index (κ2) is 5.14. The summed E-state index contributed by atoms with van der Waals surface area (Å²) in [6.45, 7) is 1.62. The predicted octanol–water partition coefficient (Wildman–Crippen LogP) is 3.89. The average Bonchev–Trinajstić information content (AvgIpc) is 2.83. The van der Waals surface area contributed by atoms with Crippen LogP contribution in [-0.2, 0) is 6.54 Å². The zero-order valence-corrected chi connectivity index (χ0v) is 10.5. The smallest absolute Gasteiger partial charge is 0.125 e. The first kappa shape index (κ1) is 11.8. The molecule has 0 fully saturated rings. The summed E-state index contributed by atoms with van der Waals surface area (Å²) in [6.07, 6.45) is 2.00. The van der Waals surface area contributed by atoms with Gasteiger partial charge in [0.15, 0.2) is 0 Å². The van der Waals surface area contributed by atoms with E-state index in [2.05, 4.69) is 9.88 Å². The van der Waals surface area contributed by atoms with Crippen LogP contribution >= 0.6 is 0 Å². The molecule has 3 heteroatoms. The predicted molar refractivity (Wildman–Crippen MR) is 76.8 cm³/mol. The summed E-state index contributed by atoms with van der Waals surface area (Å²) < 4.78 is 15.3. The van der Waals surface area contributed by atoms with Crippen LogP contribution in [0.2, 0.25) is 0 Å². The van der Waals surface area contributed by atoms with E-state index in [0.29, 0.717) is 0 Å². The third-order valence-electron chi connectivity index (χ3n) is 3.19. The van der Waals surface area contributed by atoms with Crippen LogP contribution in [0.3, 0.4) is 0 Å². The van der Waals surface area contributed by atoms with Crippen molar-refractivity contribution in [2.75, 3.05) is 11.9 Å². The second-order valence-electron chi connectivity index (χ2n) is 4.51. The van der Waals surface area contributed by atoms with Crippen molar-refractivity contribution in [2.45, 2.75) is 6.54 Å². The third kappa shape index (κ3) is 2.60. The molecule has 0 saturated carbocycles. The lowest BCUT2D eigenvalue weighted by Crippen LogP contribution is -2.09. The van der Waals surface area contributed by atoms with Crippen LogP contribution in [0.4, 0.5) is 10.1 Å². The fraction of sp³-hybridized carbons (Fsp3) is 0.125. The molecule has 0 radical (unpaired) electrons. The molecule has 0 atom stereocenters. The molecule has 0 aliphatic rings. The number of nitrogens with one attached hydrogen (secondary N) is 1. The van der Waals surface area contributed by atoms with Gasteiger partial charge in [-0.1, -0.05) is 18.2 Å². The Morgan fingerprint density at radius 1 is 1.00 bits per heavy atom. The molecule has 1 N–H and O–H groups in total. The van der Waals surface area contributed by atoms with Crippen molar-refractivity contribution in [3.8, 4) is 0 Å². The van der Waals surface area contributed by atoms with Gasteiger partial charge in [-0.05, 0) is 41.8 Å². The summed E-state index contributed by atoms with van der Waals surface area (Å²) in [5.41, 5.74) is 2.04. The van der Waals surface area contributed by atoms with Gasteiger partial charge in [0.25, 0.3) is 0 Å². The maximum absolute atomic E-state index is 13.3. The van der Waals surface area contributed by atoms with E-state index < -0.39 is 0 Å². The van der Waals surface area contributed by atoms with E-state index in [9.17, 15) is 4.39 Å². The molecule has 0 unspecified atom stereocenters. The van der Waals surface area contributed by atoms with Gasteiger partial charge < -0.3 is 9.88 Å². The van der Waals surface area contributed by atoms with Gasteiger partial charge >= 0.3 is 0 Å². The zero-order chi connectivity index (χ0) is 13.1. The minimum atomic E-state index is -0.191. The molecule has 2 nitrogen and oxygen atoms in total. The Bertz CT molecular complexity index is 674. The van der Waals surface area contributed by atoms with Gasteiger partial charge in [-0.25, -0.2) is 4.39 Å². The van der Waals surface area contributed by atoms with Crippen LogP contribution < -0.4 is 5.32 Å². The van der Waals surface area contributed by atoms with Crippen LogP contribution in [0.15, 0.2) is 60.8 Å². The molecule has 0 aliphatic carbocycles. The van der Waals surface area contributed by atoms with Crippen molar-refractivity contribution in [3.63, 3.8) is 0 Å². The highest BCUT2D eigenvalue weighted by Crippen LogP contribution is 2.17. The van der Waals surface area contributed by atoms with Crippen molar-refractivity contribution in [3.05, 3.63) is 66.6 Å². The van der Waals surface area contributed by atoms with E-state index >= 15 is 0 Å². The number of nitrogens with zero attached hydrogens (tertiary/aromatic N) is 1. The molecule has 3 rings (SSSR count). The van der Waals surface area contributed by atoms with Crippen molar-refractivity contribution < 1.29 is 4.39 Å². The molecular weight excluding hydrogens is 239 g/mol. The van der Waals surface area contributed by atoms with Gasteiger partial charge in [0.05, 0.1) is 5.52 Å². The van der Waals surface area contributed by atoms with Crippen molar-refractivity contribution in [1.29, 1.82) is 0 Å². The van der Waals surface area contributed by atoms with Crippen LogP contribution in [0.1, 0.15) is 0 Å². The second-order valence-corrected chi connectivity index (χ2v) is 4.51. The molecule has 0 bridgehead atoms. The Hall–Kier alpha value is -2.29. The van der Waals surface area contributed by atoms with Crippen LogP contribution in [-0.4, -0.2) is 11.1 Å². The Morgan fingerprint density at radius 3 is 2.68 bits per heavy atom. The van der Waals surface area contributed by atoms with Crippen molar-refractivity contribution in [1.82, 2.24) is 4.57 Å². The summed E-state index contributed by atoms with van der Waals surface area (Å²) in [4.78, 5) is 0. The van der Waals surface area contributed by atoms with Gasteiger partial charge in [0.1, 0.15) is 5.82 Å². The topological polar surface area (TPSA) is 17.0 Å². The minimum Gasteiger partial charge on any atom is -0.383 e. The Morgan fingerprint density at radius 2 is 1.84 bits per heavy atom. The van der Waals surface area contributed by atoms with Gasteiger partial charge in [0, 0.05) is 25.0 Å². The van der Waals surface area contributed by atoms with E-state index in [0.717, 1.165) is 29.7 Å². The molecule has 96 valence electrons. The number of hydrogen-bond acceptors (Lipinski definition) is 1. The van der Waals surface area contributed by atoms with E-state index in [1.54, 1.807) is 6.07 Å². The summed E-state index contributed by atoms with van der Waals surface area (Å²) in [7, 11) is 0. The summed E-state index contributed by atoms with van der Waals surface area (Å²) in [5, 5.41) is 4.42. The first-order chi connectivity index (χ1) is 9.33. The quantitative estimate of drug-likeness (QED) is 0.747. The summed E-state index contributed by atoms with van der Waals surface area (Å²) in [6, 6.07) is 17.0. The zero-order valence-electron chi connectivity index (χ0n) is 10.5. The largest absolute Gasteiger partial charge is 0.383 e. The van der Waals surface area contributed by atoms with Gasteiger partial charge in [-0.2, -0.15) is 0 Å². The minimum absolute atomic E-state index is 0.191. The molecule has 0 amide bonds. The number of benzene rings is 2. The van der Waals surface area contributed by atoms with Crippen molar-refractivity contribution in [2.24, 2.45) is 0 Å². The molecule has 3 aromatic rings. The van der Waals surface area contributed by atoms with E-state index in [-0.39, 0.29) is 5.82 Å². The first-order valence-electron chi connectivity index (χ1n) is 6.36. The normalized spacial score (nSPS) is 10.8. The Balaban J connectivity index is 1.70. The standard InChI is InChI=1S/C16H15FN2/c17-14-7-6-13-8-10-19(16(13)12-14)11-9-18-15-4-2-1-3-5-15/h1-8,10,12,18H,9,11H2. The number of anilines is 1. The highest BCUT2D eigenvalue weighted by molar-refractivity contribution is 5.80. The number of halogens is 1. The maximum atomic E-state index is 13.3. The molecule has 0 aliphatic heterocycles. The number of hydrogen-bond donors (Lipinski definition) is 1. The lowest BCUT2D eigenvalue weighted by Gasteiger charge is -2.08. The van der Waals surface area contributed by atoms with Crippen LogP contribution in [0.5, 0.6) is 0 Å². The number of para-hydroxylation sites is 1. The highest BCUT2D eigenvalue weighted by atomic mass is 19.1. The van der Waals surface area contributed by atoms with Gasteiger partial charge in [0.2, 0.25) is 0 Å². The molecule has 0 saturated heterocycles. The van der Waals surface area contributed by atoms with Crippen molar-refractivity contribution >= 4 is 16.6 Å². The van der Waals surface area contributed by atoms with Crippen LogP contribution in [0.25, 0.3) is 10.9 Å². The number of fused-ring (bicyclic) bond motifs is 1. The fourth-order valence-electron chi connectivity index (χ4n) is 2.23. The highest BCUT2D eigenvalue weighted by Gasteiger charge is 2.02. The molecule has 1 aromatic heterocycles. The molecule has 2 aromatic carbocycles. The third-order valence-corrected chi connectivity index (χ3v) is 3.19. The van der Waals surface area contributed by atoms with Gasteiger partial charge in [-0.15, -0.1) is 0 Å². The monoisotopic (exact) mass is 254 g/mol. The summed E-state index contributed by atoms with van der Waals surface area (Å²) in [5.74, 6) is -0.191. The first-order valence-corrected chi connectivity index (χ1v) is 6.36. The average molecular weight is 254 g/mol. The molecule has 19 heavy (non-hydrogen) atoms. The molecule has 1 heterocycles. The lowest BCUT2D eigenvalue weighted by atomic mass is 10.2. The molecule has 0 spiro atoms. The summed E-state index contributed by atoms with van der Waals surface area (Å²) >= 11 is 0.